The maximum Gasteiger partial charge on any atom is 0.265 e. The zero-order valence-corrected chi connectivity index (χ0v) is 18.0. The van der Waals surface area contributed by atoms with Crippen LogP contribution in [0.15, 0.2) is 83.7 Å². The molecular formula is C26H24N2O4. The second kappa shape index (κ2) is 9.39. The van der Waals surface area contributed by atoms with Crippen LogP contribution in [0.4, 0.5) is 5.69 Å². The van der Waals surface area contributed by atoms with Gasteiger partial charge in [0.1, 0.15) is 11.5 Å². The number of nitrogens with zero attached hydrogens (tertiary/aromatic N) is 1. The maximum absolute atomic E-state index is 13.2. The highest BCUT2D eigenvalue weighted by molar-refractivity contribution is 5.94. The molecule has 0 aliphatic carbocycles. The van der Waals surface area contributed by atoms with E-state index in [0.717, 1.165) is 16.5 Å². The zero-order valence-electron chi connectivity index (χ0n) is 18.0. The van der Waals surface area contributed by atoms with E-state index in [4.69, 9.17) is 9.47 Å². The van der Waals surface area contributed by atoms with E-state index in [1.807, 2.05) is 55.5 Å². The first-order valence-electron chi connectivity index (χ1n) is 10.3. The number of carbonyl (C=O) groups excluding carboxylic acids is 1. The lowest BCUT2D eigenvalue weighted by molar-refractivity contribution is -0.120. The van der Waals surface area contributed by atoms with Gasteiger partial charge in [-0.05, 0) is 54.3 Å². The van der Waals surface area contributed by atoms with E-state index >= 15 is 0 Å². The Morgan fingerprint density at radius 1 is 0.938 bits per heavy atom. The molecule has 0 spiro atoms. The summed E-state index contributed by atoms with van der Waals surface area (Å²) in [5.74, 6) is 0.947. The summed E-state index contributed by atoms with van der Waals surface area (Å²) >= 11 is 0. The largest absolute Gasteiger partial charge is 0.497 e. The summed E-state index contributed by atoms with van der Waals surface area (Å²) in [5, 5.41) is 0.906. The van der Waals surface area contributed by atoms with Gasteiger partial charge in [-0.25, -0.2) is 0 Å². The van der Waals surface area contributed by atoms with Gasteiger partial charge >= 0.3 is 0 Å². The Labute approximate surface area is 186 Å². The first-order chi connectivity index (χ1) is 15.5. The summed E-state index contributed by atoms with van der Waals surface area (Å²) in [7, 11) is 1.57. The Balaban J connectivity index is 1.66. The van der Waals surface area contributed by atoms with Crippen LogP contribution in [0.3, 0.4) is 0 Å². The number of rotatable bonds is 7. The van der Waals surface area contributed by atoms with Gasteiger partial charge in [0.2, 0.25) is 0 Å². The van der Waals surface area contributed by atoms with Crippen LogP contribution in [0.1, 0.15) is 11.1 Å². The van der Waals surface area contributed by atoms with E-state index in [1.54, 1.807) is 37.4 Å². The van der Waals surface area contributed by atoms with Gasteiger partial charge in [0.15, 0.2) is 6.61 Å². The number of nitrogens with one attached hydrogen (secondary N) is 1. The van der Waals surface area contributed by atoms with Crippen LogP contribution in [0, 0.1) is 6.92 Å². The number of ether oxygens (including phenoxy) is 2. The number of hydrogen-bond donors (Lipinski definition) is 1. The van der Waals surface area contributed by atoms with Crippen molar-refractivity contribution < 1.29 is 14.3 Å². The van der Waals surface area contributed by atoms with Crippen molar-refractivity contribution in [3.05, 3.63) is 100 Å². The fourth-order valence-corrected chi connectivity index (χ4v) is 3.49. The number of H-pyrrole nitrogens is 1. The molecule has 0 aliphatic heterocycles. The summed E-state index contributed by atoms with van der Waals surface area (Å²) in [4.78, 5) is 30.4. The van der Waals surface area contributed by atoms with Gasteiger partial charge in [-0.2, -0.15) is 0 Å². The van der Waals surface area contributed by atoms with Crippen molar-refractivity contribution in [2.75, 3.05) is 18.6 Å². The molecule has 0 fully saturated rings. The minimum atomic E-state index is -0.273. The molecule has 0 saturated heterocycles. The minimum absolute atomic E-state index is 0.100. The summed E-state index contributed by atoms with van der Waals surface area (Å²) in [6, 6.07) is 24.0. The number of aryl methyl sites for hydroxylation is 1. The van der Waals surface area contributed by atoms with Crippen LogP contribution < -0.4 is 19.9 Å². The average molecular weight is 428 g/mol. The van der Waals surface area contributed by atoms with Gasteiger partial charge in [0.25, 0.3) is 11.5 Å². The first kappa shape index (κ1) is 21.2. The SMILES string of the molecule is COc1cccc(N(Cc2cc3ccc(C)cc3[nH]c2=O)C(=O)COc2ccccc2)c1. The molecule has 0 unspecified atom stereocenters. The summed E-state index contributed by atoms with van der Waals surface area (Å²) in [5.41, 5.74) is 2.71. The predicted octanol–water partition coefficient (Wildman–Crippen LogP) is 4.46. The zero-order chi connectivity index (χ0) is 22.5. The number of amides is 1. The lowest BCUT2D eigenvalue weighted by Crippen LogP contribution is -2.36. The maximum atomic E-state index is 13.2. The molecule has 4 aromatic rings. The van der Waals surface area contributed by atoms with E-state index < -0.39 is 0 Å². The molecule has 6 heteroatoms. The smallest absolute Gasteiger partial charge is 0.265 e. The van der Waals surface area contributed by atoms with Crippen molar-refractivity contribution in [2.24, 2.45) is 0 Å². The van der Waals surface area contributed by atoms with Crippen LogP contribution in [0.25, 0.3) is 10.9 Å². The molecule has 32 heavy (non-hydrogen) atoms. The number of methoxy groups -OCH3 is 1. The van der Waals surface area contributed by atoms with Crippen LogP contribution in [0.2, 0.25) is 0 Å². The van der Waals surface area contributed by atoms with Crippen LogP contribution in [0.5, 0.6) is 11.5 Å². The molecule has 1 amide bonds. The molecule has 1 N–H and O–H groups in total. The van der Waals surface area contributed by atoms with Gasteiger partial charge in [0.05, 0.1) is 13.7 Å². The van der Waals surface area contributed by atoms with Crippen molar-refractivity contribution >= 4 is 22.5 Å². The number of para-hydroxylation sites is 1. The molecule has 1 heterocycles. The Morgan fingerprint density at radius 3 is 2.50 bits per heavy atom. The van der Waals surface area contributed by atoms with E-state index in [2.05, 4.69) is 4.98 Å². The van der Waals surface area contributed by atoms with Crippen LogP contribution in [-0.4, -0.2) is 24.6 Å². The van der Waals surface area contributed by atoms with Crippen molar-refractivity contribution in [3.63, 3.8) is 0 Å². The van der Waals surface area contributed by atoms with Gasteiger partial charge in [-0.1, -0.05) is 36.4 Å². The third-order valence-electron chi connectivity index (χ3n) is 5.18. The standard InChI is InChI=1S/C26H24N2O4/c1-18-11-12-19-14-20(26(30)27-24(19)13-18)16-28(21-7-6-10-23(15-21)31-2)25(29)17-32-22-8-4-3-5-9-22/h3-15H,16-17H2,1-2H3,(H,27,30). The third kappa shape index (κ3) is 4.81. The van der Waals surface area contributed by atoms with Crippen LogP contribution >= 0.6 is 0 Å². The Kier molecular flexibility index (Phi) is 6.22. The van der Waals surface area contributed by atoms with E-state index in [-0.39, 0.29) is 24.6 Å². The molecule has 0 bridgehead atoms. The number of fused-ring (bicyclic) bond motifs is 1. The molecule has 0 saturated carbocycles. The number of benzene rings is 3. The number of hydrogen-bond acceptors (Lipinski definition) is 4. The van der Waals surface area contributed by atoms with Gasteiger partial charge in [0, 0.05) is 22.8 Å². The van der Waals surface area contributed by atoms with Crippen molar-refractivity contribution in [2.45, 2.75) is 13.5 Å². The second-order valence-corrected chi connectivity index (χ2v) is 7.50. The third-order valence-corrected chi connectivity index (χ3v) is 5.18. The predicted molar refractivity (Wildman–Crippen MR) is 125 cm³/mol. The number of pyridine rings is 1. The van der Waals surface area contributed by atoms with Gasteiger partial charge < -0.3 is 19.4 Å². The summed E-state index contributed by atoms with van der Waals surface area (Å²) in [6.45, 7) is 1.91. The molecule has 0 aliphatic rings. The number of anilines is 1. The van der Waals surface area contributed by atoms with E-state index in [1.165, 1.54) is 4.90 Å². The van der Waals surface area contributed by atoms with Gasteiger partial charge in [-0.15, -0.1) is 0 Å². The van der Waals surface area contributed by atoms with Crippen molar-refractivity contribution in [1.29, 1.82) is 0 Å². The molecule has 162 valence electrons. The lowest BCUT2D eigenvalue weighted by atomic mass is 10.1. The molecule has 6 nitrogen and oxygen atoms in total. The quantitative estimate of drug-likeness (QED) is 0.472. The Bertz CT molecular complexity index is 1300. The normalized spacial score (nSPS) is 10.7. The van der Waals surface area contributed by atoms with Crippen LogP contribution in [-0.2, 0) is 11.3 Å². The fraction of sp³-hybridized carbons (Fsp3) is 0.154. The number of carbonyl (C=O) groups is 1. The number of aromatic nitrogens is 1. The topological polar surface area (TPSA) is 71.6 Å². The highest BCUT2D eigenvalue weighted by atomic mass is 16.5. The van der Waals surface area contributed by atoms with E-state index in [0.29, 0.717) is 22.7 Å². The lowest BCUT2D eigenvalue weighted by Gasteiger charge is -2.23. The molecule has 0 radical (unpaired) electrons. The highest BCUT2D eigenvalue weighted by Crippen LogP contribution is 2.23. The minimum Gasteiger partial charge on any atom is -0.497 e. The average Bonchev–Trinajstić information content (AvgIpc) is 2.82. The van der Waals surface area contributed by atoms with Crippen molar-refractivity contribution in [3.8, 4) is 11.5 Å². The Morgan fingerprint density at radius 2 is 1.72 bits per heavy atom. The molecule has 1 aromatic heterocycles. The Hall–Kier alpha value is -4.06. The molecule has 3 aromatic carbocycles. The van der Waals surface area contributed by atoms with E-state index in [9.17, 15) is 9.59 Å². The first-order valence-corrected chi connectivity index (χ1v) is 10.3. The fourth-order valence-electron chi connectivity index (χ4n) is 3.49. The molecule has 4 rings (SSSR count). The van der Waals surface area contributed by atoms with Gasteiger partial charge in [-0.3, -0.25) is 9.59 Å². The highest BCUT2D eigenvalue weighted by Gasteiger charge is 2.19. The monoisotopic (exact) mass is 428 g/mol. The summed E-state index contributed by atoms with van der Waals surface area (Å²) in [6.07, 6.45) is 0. The van der Waals surface area contributed by atoms with Crippen molar-refractivity contribution in [1.82, 2.24) is 4.98 Å². The summed E-state index contributed by atoms with van der Waals surface area (Å²) < 4.78 is 11.0. The molecule has 0 atom stereocenters. The number of aromatic amines is 1. The second-order valence-electron chi connectivity index (χ2n) is 7.50. The molecular weight excluding hydrogens is 404 g/mol.